The average molecular weight is 702 g/mol. The Kier molecular flexibility index (Phi) is 9.67. The summed E-state index contributed by atoms with van der Waals surface area (Å²) in [6.45, 7) is 13.5. The van der Waals surface area contributed by atoms with Crippen molar-refractivity contribution in [3.63, 3.8) is 0 Å². The first-order valence-electron chi connectivity index (χ1n) is 17.9. The molecule has 0 saturated carbocycles. The Morgan fingerprint density at radius 2 is 1.44 bits per heavy atom. The van der Waals surface area contributed by atoms with E-state index >= 15 is 0 Å². The first kappa shape index (κ1) is 36.0. The van der Waals surface area contributed by atoms with Crippen LogP contribution in [-0.4, -0.2) is 103 Å². The van der Waals surface area contributed by atoms with Gasteiger partial charge in [-0.15, -0.1) is 0 Å². The maximum atomic E-state index is 14.9. The van der Waals surface area contributed by atoms with E-state index in [0.717, 1.165) is 17.5 Å². The molecule has 0 radical (unpaired) electrons. The van der Waals surface area contributed by atoms with E-state index in [1.807, 2.05) is 71.0 Å². The number of rotatable bonds is 7. The van der Waals surface area contributed by atoms with Crippen molar-refractivity contribution >= 4 is 33.2 Å². The van der Waals surface area contributed by atoms with Crippen molar-refractivity contribution in [3.05, 3.63) is 89.0 Å². The van der Waals surface area contributed by atoms with E-state index in [0.29, 0.717) is 52.1 Å². The molecule has 4 aliphatic rings. The largest absolute Gasteiger partial charge is 0.478 e. The van der Waals surface area contributed by atoms with Gasteiger partial charge in [-0.1, -0.05) is 94.8 Å². The smallest absolute Gasteiger partial charge is 0.335 e. The zero-order valence-corrected chi connectivity index (χ0v) is 30.8. The molecule has 268 valence electrons. The summed E-state index contributed by atoms with van der Waals surface area (Å²) >= 11 is 0. The molecule has 6 rings (SSSR count). The van der Waals surface area contributed by atoms with Crippen LogP contribution in [-0.2, 0) is 24.8 Å². The number of carbonyl (C=O) groups is 3. The van der Waals surface area contributed by atoms with Crippen LogP contribution in [0.1, 0.15) is 75.4 Å². The van der Waals surface area contributed by atoms with Crippen LogP contribution in [0.4, 0.5) is 0 Å². The molecule has 0 bridgehead atoms. The van der Waals surface area contributed by atoms with Gasteiger partial charge in [0.15, 0.2) is 9.84 Å². The van der Waals surface area contributed by atoms with Gasteiger partial charge < -0.3 is 14.9 Å². The van der Waals surface area contributed by atoms with Gasteiger partial charge in [-0.2, -0.15) is 0 Å². The Labute approximate surface area is 296 Å². The number of nitrogens with zero attached hydrogens (tertiary/aromatic N) is 3. The molecular formula is C40H51N3O6S. The summed E-state index contributed by atoms with van der Waals surface area (Å²) in [4.78, 5) is 46.4. The Morgan fingerprint density at radius 3 is 2.02 bits per heavy atom. The molecular weight excluding hydrogens is 651 g/mol. The number of amides is 2. The minimum Gasteiger partial charge on any atom is -0.478 e. The second-order valence-corrected chi connectivity index (χ2v) is 18.1. The van der Waals surface area contributed by atoms with Gasteiger partial charge in [0.1, 0.15) is 0 Å². The van der Waals surface area contributed by atoms with Crippen molar-refractivity contribution in [1.82, 2.24) is 14.7 Å². The number of carboxylic acids is 1. The average Bonchev–Trinajstić information content (AvgIpc) is 3.08. The first-order chi connectivity index (χ1) is 23.6. The zero-order chi connectivity index (χ0) is 36.1. The third kappa shape index (κ3) is 6.57. The van der Waals surface area contributed by atoms with Gasteiger partial charge in [-0.3, -0.25) is 14.5 Å². The number of carbonyl (C=O) groups excluding carboxylic acids is 2. The summed E-state index contributed by atoms with van der Waals surface area (Å²) in [7, 11) is -3.06. The minimum absolute atomic E-state index is 0.0242. The van der Waals surface area contributed by atoms with Gasteiger partial charge in [0, 0.05) is 50.1 Å². The Bertz CT molecular complexity index is 1790. The normalized spacial score (nSPS) is 25.2. The molecule has 2 aromatic carbocycles. The first-order valence-corrected chi connectivity index (χ1v) is 19.7. The number of carboxylic acid groups (broad SMARTS) is 1. The van der Waals surface area contributed by atoms with Crippen LogP contribution < -0.4 is 0 Å². The number of benzene rings is 2. The summed E-state index contributed by atoms with van der Waals surface area (Å²) in [5.74, 6) is -0.633. The van der Waals surface area contributed by atoms with Gasteiger partial charge in [0.25, 0.3) is 0 Å². The van der Waals surface area contributed by atoms with E-state index in [-0.39, 0.29) is 45.6 Å². The highest BCUT2D eigenvalue weighted by Crippen LogP contribution is 2.55. The number of likely N-dealkylation sites (tertiary alicyclic amines) is 1. The maximum Gasteiger partial charge on any atom is 0.335 e. The molecule has 10 heteroatoms. The van der Waals surface area contributed by atoms with E-state index < -0.39 is 27.3 Å². The van der Waals surface area contributed by atoms with Crippen molar-refractivity contribution in [2.45, 2.75) is 65.3 Å². The van der Waals surface area contributed by atoms with Gasteiger partial charge in [-0.25, -0.2) is 13.2 Å². The third-order valence-electron chi connectivity index (χ3n) is 11.9. The number of fused-ring (bicyclic) bond motifs is 1. The molecule has 3 aliphatic heterocycles. The lowest BCUT2D eigenvalue weighted by Crippen LogP contribution is -2.60. The number of allylic oxidation sites excluding steroid dienone is 2. The van der Waals surface area contributed by atoms with Crippen LogP contribution in [0.2, 0.25) is 0 Å². The van der Waals surface area contributed by atoms with Crippen molar-refractivity contribution in [1.29, 1.82) is 0 Å². The Hall–Kier alpha value is -3.76. The number of sulfone groups is 1. The monoisotopic (exact) mass is 701 g/mol. The fourth-order valence-electron chi connectivity index (χ4n) is 9.21. The van der Waals surface area contributed by atoms with Gasteiger partial charge in [-0.05, 0) is 54.0 Å². The SMILES string of the molecule is CC(C)C(C(=O)N1CCC(C(=O)N2CC=C3C(C)(C)C(c4ccc(C(=O)O)cc4)=CC[C@]3(C)C2)(c2ccccc2)CC1)N1CCS(=O)(=O)CC1. The van der Waals surface area contributed by atoms with E-state index in [2.05, 4.69) is 32.9 Å². The van der Waals surface area contributed by atoms with Crippen LogP contribution in [0.3, 0.4) is 0 Å². The Morgan fingerprint density at radius 1 is 0.820 bits per heavy atom. The second-order valence-electron chi connectivity index (χ2n) is 15.8. The lowest BCUT2D eigenvalue weighted by atomic mass is 9.58. The molecule has 50 heavy (non-hydrogen) atoms. The number of hydrogen-bond donors (Lipinski definition) is 1. The van der Waals surface area contributed by atoms with E-state index in [1.54, 1.807) is 12.1 Å². The van der Waals surface area contributed by atoms with Crippen molar-refractivity contribution in [3.8, 4) is 0 Å². The highest BCUT2D eigenvalue weighted by atomic mass is 32.2. The molecule has 1 unspecified atom stereocenters. The molecule has 2 aromatic rings. The highest BCUT2D eigenvalue weighted by Gasteiger charge is 2.51. The van der Waals surface area contributed by atoms with Crippen LogP contribution in [0, 0.1) is 16.7 Å². The maximum absolute atomic E-state index is 14.9. The molecule has 0 aromatic heterocycles. The number of hydrogen-bond acceptors (Lipinski definition) is 6. The predicted molar refractivity (Wildman–Crippen MR) is 195 cm³/mol. The van der Waals surface area contributed by atoms with Crippen LogP contribution in [0.5, 0.6) is 0 Å². The lowest BCUT2D eigenvalue weighted by molar-refractivity contribution is -0.146. The second kappa shape index (κ2) is 13.4. The van der Waals surface area contributed by atoms with Crippen molar-refractivity contribution < 1.29 is 27.9 Å². The summed E-state index contributed by atoms with van der Waals surface area (Å²) < 4.78 is 24.2. The topological polar surface area (TPSA) is 115 Å². The van der Waals surface area contributed by atoms with Gasteiger partial charge >= 0.3 is 5.97 Å². The zero-order valence-electron chi connectivity index (χ0n) is 30.0. The fraction of sp³-hybridized carbons (Fsp3) is 0.525. The van der Waals surface area contributed by atoms with Crippen LogP contribution >= 0.6 is 0 Å². The van der Waals surface area contributed by atoms with Crippen molar-refractivity contribution in [2.24, 2.45) is 16.7 Å². The molecule has 3 heterocycles. The summed E-state index contributed by atoms with van der Waals surface area (Å²) in [6, 6.07) is 16.7. The molecule has 1 N–H and O–H groups in total. The van der Waals surface area contributed by atoms with E-state index in [9.17, 15) is 27.9 Å². The molecule has 2 amide bonds. The van der Waals surface area contributed by atoms with Crippen LogP contribution in [0.25, 0.3) is 5.57 Å². The molecule has 2 saturated heterocycles. The number of aromatic carboxylic acids is 1. The lowest BCUT2D eigenvalue weighted by Gasteiger charge is -2.52. The predicted octanol–water partition coefficient (Wildman–Crippen LogP) is 5.29. The quantitative estimate of drug-likeness (QED) is 0.391. The van der Waals surface area contributed by atoms with E-state index in [4.69, 9.17) is 0 Å². The summed E-state index contributed by atoms with van der Waals surface area (Å²) in [5, 5.41) is 9.38. The Balaban J connectivity index is 1.22. The third-order valence-corrected chi connectivity index (χ3v) is 13.5. The standard InChI is InChI=1S/C40H51N3O6S/c1-28(2)34(41-23-25-50(48,49)26-24-41)35(44)42-21-18-40(19-22-42,31-9-7-6-8-10-31)37(47)43-20-16-33-38(3,4)32(15-17-39(33,5)27-43)29-11-13-30(14-12-29)36(45)46/h6-16,28,34H,17-27H2,1-5H3,(H,45,46)/t34?,39-/m1/s1. The molecule has 2 atom stereocenters. The summed E-state index contributed by atoms with van der Waals surface area (Å²) in [5.41, 5.74) is 3.40. The molecule has 9 nitrogen and oxygen atoms in total. The van der Waals surface area contributed by atoms with Gasteiger partial charge in [0.05, 0.1) is 28.5 Å². The minimum atomic E-state index is -3.06. The molecule has 1 aliphatic carbocycles. The van der Waals surface area contributed by atoms with Crippen LogP contribution in [0.15, 0.2) is 72.3 Å². The van der Waals surface area contributed by atoms with E-state index in [1.165, 1.54) is 11.1 Å². The van der Waals surface area contributed by atoms with Gasteiger partial charge in [0.2, 0.25) is 11.8 Å². The highest BCUT2D eigenvalue weighted by molar-refractivity contribution is 7.91. The summed E-state index contributed by atoms with van der Waals surface area (Å²) in [6.07, 6.45) is 6.31. The molecule has 2 fully saturated rings. The number of piperidine rings is 1. The molecule has 0 spiro atoms. The van der Waals surface area contributed by atoms with Crippen molar-refractivity contribution in [2.75, 3.05) is 50.8 Å². The fourth-order valence-corrected chi connectivity index (χ4v) is 10.4.